The average molecular weight is 344 g/mol. The summed E-state index contributed by atoms with van der Waals surface area (Å²) >= 11 is 0. The van der Waals surface area contributed by atoms with Gasteiger partial charge in [-0.25, -0.2) is 9.67 Å². The second-order valence-corrected chi connectivity index (χ2v) is 4.91. The molecule has 3 rings (SSSR count). The van der Waals surface area contributed by atoms with Crippen molar-refractivity contribution in [2.45, 2.75) is 18.9 Å². The van der Waals surface area contributed by atoms with Crippen molar-refractivity contribution in [3.05, 3.63) is 42.5 Å². The minimum atomic E-state index is -0.0411. The third-order valence-corrected chi connectivity index (χ3v) is 3.42. The lowest BCUT2D eigenvalue weighted by Gasteiger charge is -2.23. The van der Waals surface area contributed by atoms with Gasteiger partial charge in [0.2, 0.25) is 0 Å². The van der Waals surface area contributed by atoms with E-state index in [1.54, 1.807) is 11.0 Å². The summed E-state index contributed by atoms with van der Waals surface area (Å²) in [4.78, 5) is 16.2. The van der Waals surface area contributed by atoms with E-state index in [-0.39, 0.29) is 36.8 Å². The molecule has 1 aromatic carbocycles. The van der Waals surface area contributed by atoms with Gasteiger partial charge in [0.25, 0.3) is 5.91 Å². The number of carbonyl (C=O) groups excluding carboxylic acids is 1. The molecule has 1 aromatic heterocycles. The van der Waals surface area contributed by atoms with Crippen LogP contribution >= 0.6 is 24.8 Å². The first-order valence-electron chi connectivity index (χ1n) is 6.79. The summed E-state index contributed by atoms with van der Waals surface area (Å²) in [5.74, 6) is -0.0411. The number of amides is 1. The molecule has 1 aliphatic heterocycles. The fourth-order valence-electron chi connectivity index (χ4n) is 2.37. The summed E-state index contributed by atoms with van der Waals surface area (Å²) in [7, 11) is 0. The number of nitrogens with one attached hydrogen (secondary N) is 2. The highest BCUT2D eigenvalue weighted by Gasteiger charge is 2.16. The van der Waals surface area contributed by atoms with Crippen LogP contribution < -0.4 is 10.6 Å². The largest absolute Gasteiger partial charge is 0.348 e. The summed E-state index contributed by atoms with van der Waals surface area (Å²) in [6, 6.07) is 7.59. The molecule has 1 unspecified atom stereocenters. The Hall–Kier alpha value is -1.63. The molecule has 0 saturated carbocycles. The zero-order valence-electron chi connectivity index (χ0n) is 11.9. The third-order valence-electron chi connectivity index (χ3n) is 3.42. The number of rotatable bonds is 3. The Morgan fingerprint density at radius 2 is 2.23 bits per heavy atom. The molecule has 1 fully saturated rings. The van der Waals surface area contributed by atoms with E-state index in [0.29, 0.717) is 5.56 Å². The number of benzene rings is 1. The van der Waals surface area contributed by atoms with Crippen LogP contribution in [-0.2, 0) is 0 Å². The zero-order valence-corrected chi connectivity index (χ0v) is 13.6. The van der Waals surface area contributed by atoms with E-state index in [9.17, 15) is 4.79 Å². The van der Waals surface area contributed by atoms with Crippen LogP contribution in [0.4, 0.5) is 0 Å². The first-order valence-corrected chi connectivity index (χ1v) is 6.79. The van der Waals surface area contributed by atoms with Crippen LogP contribution in [0.25, 0.3) is 5.69 Å². The molecular weight excluding hydrogens is 325 g/mol. The topological polar surface area (TPSA) is 71.8 Å². The van der Waals surface area contributed by atoms with Gasteiger partial charge in [0, 0.05) is 18.2 Å². The van der Waals surface area contributed by atoms with E-state index in [0.717, 1.165) is 31.6 Å². The van der Waals surface area contributed by atoms with Gasteiger partial charge in [0.15, 0.2) is 0 Å². The molecule has 1 aliphatic rings. The molecule has 120 valence electrons. The van der Waals surface area contributed by atoms with E-state index < -0.39 is 0 Å². The maximum absolute atomic E-state index is 12.3. The number of halogens is 2. The molecule has 0 aliphatic carbocycles. The smallest absolute Gasteiger partial charge is 0.251 e. The maximum Gasteiger partial charge on any atom is 0.251 e. The van der Waals surface area contributed by atoms with E-state index in [2.05, 4.69) is 20.7 Å². The molecule has 6 nitrogen and oxygen atoms in total. The van der Waals surface area contributed by atoms with Crippen molar-refractivity contribution >= 4 is 30.7 Å². The molecule has 1 atom stereocenters. The zero-order chi connectivity index (χ0) is 13.8. The summed E-state index contributed by atoms with van der Waals surface area (Å²) in [5.41, 5.74) is 1.47. The maximum atomic E-state index is 12.3. The van der Waals surface area contributed by atoms with E-state index >= 15 is 0 Å². The summed E-state index contributed by atoms with van der Waals surface area (Å²) in [6.45, 7) is 1.88. The van der Waals surface area contributed by atoms with Crippen LogP contribution in [0, 0.1) is 0 Å². The lowest BCUT2D eigenvalue weighted by atomic mass is 10.1. The highest BCUT2D eigenvalue weighted by molar-refractivity contribution is 5.94. The summed E-state index contributed by atoms with van der Waals surface area (Å²) in [6.07, 6.45) is 5.22. The quantitative estimate of drug-likeness (QED) is 0.887. The average Bonchev–Trinajstić information content (AvgIpc) is 3.03. The normalized spacial score (nSPS) is 17.0. The van der Waals surface area contributed by atoms with Crippen molar-refractivity contribution in [2.75, 3.05) is 13.1 Å². The predicted octanol–water partition coefficient (Wildman–Crippen LogP) is 1.59. The standard InChI is InChI=1S/C14H17N5O.2ClH/c20-14(18-12-4-2-6-15-8-12)11-3-1-5-13(7-11)19-10-16-9-17-19;;/h1,3,5,7,9-10,12,15H,2,4,6,8H2,(H,18,20);2*1H. The fourth-order valence-corrected chi connectivity index (χ4v) is 2.37. The molecule has 8 heteroatoms. The van der Waals surface area contributed by atoms with Crippen LogP contribution in [0.1, 0.15) is 23.2 Å². The highest BCUT2D eigenvalue weighted by atomic mass is 35.5. The minimum absolute atomic E-state index is 0. The van der Waals surface area contributed by atoms with Gasteiger partial charge in [0.05, 0.1) is 5.69 Å². The van der Waals surface area contributed by atoms with Crippen molar-refractivity contribution in [1.82, 2.24) is 25.4 Å². The number of piperidine rings is 1. The molecule has 0 radical (unpaired) electrons. The van der Waals surface area contributed by atoms with Gasteiger partial charge in [-0.15, -0.1) is 24.8 Å². The SMILES string of the molecule is Cl.Cl.O=C(NC1CCCNC1)c1cccc(-n2cncn2)c1. The van der Waals surface area contributed by atoms with Crippen molar-refractivity contribution in [1.29, 1.82) is 0 Å². The predicted molar refractivity (Wildman–Crippen MR) is 89.2 cm³/mol. The highest BCUT2D eigenvalue weighted by Crippen LogP contribution is 2.10. The van der Waals surface area contributed by atoms with Crippen molar-refractivity contribution in [3.8, 4) is 5.69 Å². The molecule has 22 heavy (non-hydrogen) atoms. The van der Waals surface area contributed by atoms with Gasteiger partial charge in [-0.05, 0) is 37.6 Å². The Morgan fingerprint density at radius 3 is 2.91 bits per heavy atom. The fraction of sp³-hybridized carbons (Fsp3) is 0.357. The van der Waals surface area contributed by atoms with Gasteiger partial charge < -0.3 is 10.6 Å². The van der Waals surface area contributed by atoms with Crippen LogP contribution in [0.5, 0.6) is 0 Å². The summed E-state index contributed by atoms with van der Waals surface area (Å²) < 4.78 is 1.64. The van der Waals surface area contributed by atoms with E-state index in [1.165, 1.54) is 6.33 Å². The molecule has 1 amide bonds. The molecule has 0 bridgehead atoms. The lowest BCUT2D eigenvalue weighted by molar-refractivity contribution is 0.0930. The Kier molecular flexibility index (Phi) is 7.31. The molecule has 1 saturated heterocycles. The van der Waals surface area contributed by atoms with Crippen LogP contribution in [0.15, 0.2) is 36.9 Å². The van der Waals surface area contributed by atoms with Gasteiger partial charge in [-0.3, -0.25) is 4.79 Å². The van der Waals surface area contributed by atoms with Gasteiger partial charge in [-0.1, -0.05) is 6.07 Å². The van der Waals surface area contributed by atoms with Gasteiger partial charge in [-0.2, -0.15) is 5.10 Å². The van der Waals surface area contributed by atoms with Crippen LogP contribution in [0.2, 0.25) is 0 Å². The van der Waals surface area contributed by atoms with Gasteiger partial charge >= 0.3 is 0 Å². The number of nitrogens with zero attached hydrogens (tertiary/aromatic N) is 3. The first-order chi connectivity index (χ1) is 9.83. The number of hydrogen-bond acceptors (Lipinski definition) is 4. The second kappa shape index (κ2) is 8.73. The van der Waals surface area contributed by atoms with Gasteiger partial charge in [0.1, 0.15) is 12.7 Å². The third kappa shape index (κ3) is 4.43. The van der Waals surface area contributed by atoms with Crippen LogP contribution in [0.3, 0.4) is 0 Å². The van der Waals surface area contributed by atoms with E-state index in [1.807, 2.05) is 24.3 Å². The molecule has 2 aromatic rings. The van der Waals surface area contributed by atoms with Crippen molar-refractivity contribution < 1.29 is 4.79 Å². The number of hydrogen-bond donors (Lipinski definition) is 2. The second-order valence-electron chi connectivity index (χ2n) is 4.91. The molecule has 2 heterocycles. The number of aromatic nitrogens is 3. The first kappa shape index (κ1) is 18.4. The van der Waals surface area contributed by atoms with Crippen LogP contribution in [-0.4, -0.2) is 39.8 Å². The minimum Gasteiger partial charge on any atom is -0.348 e. The van der Waals surface area contributed by atoms with E-state index in [4.69, 9.17) is 0 Å². The summed E-state index contributed by atoms with van der Waals surface area (Å²) in [5, 5.41) is 10.4. The van der Waals surface area contributed by atoms with Crippen molar-refractivity contribution in [3.63, 3.8) is 0 Å². The number of carbonyl (C=O) groups is 1. The molecule has 2 N–H and O–H groups in total. The molecular formula is C14H19Cl2N5O. The lowest BCUT2D eigenvalue weighted by Crippen LogP contribution is -2.45. The Labute approximate surface area is 141 Å². The van der Waals surface area contributed by atoms with Crippen molar-refractivity contribution in [2.24, 2.45) is 0 Å². The Morgan fingerprint density at radius 1 is 1.36 bits per heavy atom. The Balaban J connectivity index is 0.00000121. The molecule has 0 spiro atoms. The monoisotopic (exact) mass is 343 g/mol. The Bertz CT molecular complexity index is 585.